The lowest BCUT2D eigenvalue weighted by atomic mass is 9.78. The van der Waals surface area contributed by atoms with Crippen molar-refractivity contribution in [2.24, 2.45) is 13.0 Å². The summed E-state index contributed by atoms with van der Waals surface area (Å²) in [5.41, 5.74) is 3.97. The van der Waals surface area contributed by atoms with Crippen LogP contribution in [0.3, 0.4) is 0 Å². The second-order valence-electron chi connectivity index (χ2n) is 11.5. The van der Waals surface area contributed by atoms with E-state index in [-0.39, 0.29) is 17.4 Å². The number of pyridine rings is 1. The summed E-state index contributed by atoms with van der Waals surface area (Å²) in [5, 5.41) is 4.54. The quantitative estimate of drug-likeness (QED) is 0.405. The highest BCUT2D eigenvalue weighted by Gasteiger charge is 2.41. The lowest BCUT2D eigenvalue weighted by Gasteiger charge is -2.46. The molecule has 1 saturated heterocycles. The number of amides is 2. The normalized spacial score (nSPS) is 19.6. The van der Waals surface area contributed by atoms with E-state index in [1.54, 1.807) is 31.5 Å². The van der Waals surface area contributed by atoms with Gasteiger partial charge in [-0.25, -0.2) is 4.98 Å². The van der Waals surface area contributed by atoms with Crippen molar-refractivity contribution < 1.29 is 14.3 Å². The van der Waals surface area contributed by atoms with Gasteiger partial charge in [-0.3, -0.25) is 9.59 Å². The second-order valence-corrected chi connectivity index (χ2v) is 11.9. The molecular formula is C30H37ClN4O3. The second kappa shape index (κ2) is 10.3. The van der Waals surface area contributed by atoms with Gasteiger partial charge in [0.25, 0.3) is 5.91 Å². The maximum Gasteiger partial charge on any atom is 0.255 e. The number of rotatable bonds is 5. The van der Waals surface area contributed by atoms with Gasteiger partial charge in [0.1, 0.15) is 11.4 Å². The largest absolute Gasteiger partial charge is 0.497 e. The molecule has 8 heteroatoms. The van der Waals surface area contributed by atoms with Crippen molar-refractivity contribution in [3.8, 4) is 5.75 Å². The smallest absolute Gasteiger partial charge is 0.255 e. The average molecular weight is 537 g/mol. The number of halogens is 1. The number of nitrogens with zero attached hydrogens (tertiary/aromatic N) is 3. The molecule has 2 amide bonds. The number of nitrogens with one attached hydrogen (secondary N) is 1. The zero-order valence-corrected chi connectivity index (χ0v) is 23.7. The molecule has 7 nitrogen and oxygen atoms in total. The van der Waals surface area contributed by atoms with Crippen molar-refractivity contribution in [1.29, 1.82) is 0 Å². The summed E-state index contributed by atoms with van der Waals surface area (Å²) in [6, 6.07) is 4.96. The molecule has 1 aliphatic heterocycles. The minimum Gasteiger partial charge on any atom is -0.497 e. The predicted molar refractivity (Wildman–Crippen MR) is 151 cm³/mol. The molecule has 0 spiro atoms. The Kier molecular flexibility index (Phi) is 7.16. The predicted octanol–water partition coefficient (Wildman–Crippen LogP) is 6.47. The summed E-state index contributed by atoms with van der Waals surface area (Å²) in [4.78, 5) is 33.3. The van der Waals surface area contributed by atoms with E-state index in [1.165, 1.54) is 18.4 Å². The van der Waals surface area contributed by atoms with Crippen LogP contribution in [0.4, 0.5) is 5.69 Å². The number of piperidine rings is 1. The number of benzene rings is 1. The minimum atomic E-state index is -0.271. The molecule has 1 aromatic carbocycles. The van der Waals surface area contributed by atoms with Crippen LogP contribution in [0.5, 0.6) is 5.75 Å². The number of hydrogen-bond donors (Lipinski definition) is 1. The average Bonchev–Trinajstić information content (AvgIpc) is 3.53. The van der Waals surface area contributed by atoms with Gasteiger partial charge >= 0.3 is 0 Å². The van der Waals surface area contributed by atoms with E-state index in [1.807, 2.05) is 14.0 Å². The highest BCUT2D eigenvalue weighted by Crippen LogP contribution is 2.43. The van der Waals surface area contributed by atoms with Crippen LogP contribution >= 0.6 is 11.6 Å². The fourth-order valence-corrected chi connectivity index (χ4v) is 6.67. The Hall–Kier alpha value is -3.06. The van der Waals surface area contributed by atoms with Gasteiger partial charge in [0.2, 0.25) is 5.91 Å². The highest BCUT2D eigenvalue weighted by atomic mass is 35.5. The van der Waals surface area contributed by atoms with Crippen molar-refractivity contribution in [2.45, 2.75) is 70.8 Å². The summed E-state index contributed by atoms with van der Waals surface area (Å²) in [6.07, 6.45) is 10.1. The molecule has 1 unspecified atom stereocenters. The van der Waals surface area contributed by atoms with E-state index >= 15 is 0 Å². The van der Waals surface area contributed by atoms with Crippen LogP contribution in [0, 0.1) is 12.8 Å². The number of fused-ring (bicyclic) bond motifs is 1. The molecule has 1 aliphatic carbocycles. The molecule has 1 atom stereocenters. The number of aryl methyl sites for hydroxylation is 2. The van der Waals surface area contributed by atoms with Crippen molar-refractivity contribution in [3.05, 3.63) is 52.3 Å². The first-order valence-corrected chi connectivity index (χ1v) is 13.9. The third-order valence-electron chi connectivity index (χ3n) is 8.48. The van der Waals surface area contributed by atoms with Crippen LogP contribution in [-0.2, 0) is 11.8 Å². The molecule has 2 fully saturated rings. The molecule has 1 N–H and O–H groups in total. The van der Waals surface area contributed by atoms with Gasteiger partial charge in [-0.2, -0.15) is 0 Å². The van der Waals surface area contributed by atoms with Gasteiger partial charge in [0.05, 0.1) is 19.0 Å². The first kappa shape index (κ1) is 26.5. The standard InChI is InChI=1S/C30H37ClN4O3/c1-18-25(33-28(36)21-12-22(31)14-23(13-21)38-5)16-32-27-26(18)24(17-34(27)4)20-10-11-35(30(2,3)15-20)29(37)19-8-6-7-9-19/h12-14,16-17,19-20H,6-11,15H2,1-5H3,(H,33,36). The van der Waals surface area contributed by atoms with Crippen LogP contribution in [0.15, 0.2) is 30.6 Å². The topological polar surface area (TPSA) is 76.5 Å². The first-order valence-electron chi connectivity index (χ1n) is 13.5. The van der Waals surface area contributed by atoms with Gasteiger partial charge in [0.15, 0.2) is 0 Å². The van der Waals surface area contributed by atoms with Crippen LogP contribution in [0.1, 0.15) is 79.8 Å². The Bertz CT molecular complexity index is 1390. The van der Waals surface area contributed by atoms with Gasteiger partial charge in [-0.1, -0.05) is 24.4 Å². The Morgan fingerprint density at radius 1 is 1.16 bits per heavy atom. The monoisotopic (exact) mass is 536 g/mol. The fourth-order valence-electron chi connectivity index (χ4n) is 6.45. The number of aromatic nitrogens is 2. The van der Waals surface area contributed by atoms with Crippen LogP contribution in [-0.4, -0.2) is 45.5 Å². The molecule has 5 rings (SSSR count). The third kappa shape index (κ3) is 4.89. The Morgan fingerprint density at radius 2 is 1.89 bits per heavy atom. The summed E-state index contributed by atoms with van der Waals surface area (Å²) >= 11 is 6.18. The molecule has 2 aliphatic rings. The van der Waals surface area contributed by atoms with E-state index in [4.69, 9.17) is 21.3 Å². The molecule has 202 valence electrons. The SMILES string of the molecule is COc1cc(Cl)cc(C(=O)Nc2cnc3c(c(C4CCN(C(=O)C5CCCC5)C(C)(C)C4)cn3C)c2C)c1. The molecule has 3 aromatic rings. The molecule has 1 saturated carbocycles. The van der Waals surface area contributed by atoms with E-state index in [0.717, 1.165) is 48.8 Å². The molecule has 0 radical (unpaired) electrons. The van der Waals surface area contributed by atoms with Crippen molar-refractivity contribution >= 4 is 40.1 Å². The van der Waals surface area contributed by atoms with Crippen molar-refractivity contribution in [3.63, 3.8) is 0 Å². The molecule has 0 bridgehead atoms. The maximum atomic E-state index is 13.3. The van der Waals surface area contributed by atoms with Gasteiger partial charge in [-0.15, -0.1) is 0 Å². The highest BCUT2D eigenvalue weighted by molar-refractivity contribution is 6.31. The molecule has 3 heterocycles. The molecule has 2 aromatic heterocycles. The minimum absolute atomic E-state index is 0.195. The number of likely N-dealkylation sites (tertiary alicyclic amines) is 1. The lowest BCUT2D eigenvalue weighted by molar-refractivity contribution is -0.143. The number of anilines is 1. The number of methoxy groups -OCH3 is 1. The molecular weight excluding hydrogens is 500 g/mol. The molecule has 38 heavy (non-hydrogen) atoms. The van der Waals surface area contributed by atoms with E-state index in [2.05, 4.69) is 34.8 Å². The number of carbonyl (C=O) groups is 2. The zero-order valence-electron chi connectivity index (χ0n) is 22.9. The van der Waals surface area contributed by atoms with Gasteiger partial charge in [-0.05, 0) is 81.7 Å². The van der Waals surface area contributed by atoms with Crippen molar-refractivity contribution in [1.82, 2.24) is 14.5 Å². The Morgan fingerprint density at radius 3 is 2.58 bits per heavy atom. The Labute approximate surface area is 229 Å². The van der Waals surface area contributed by atoms with Gasteiger partial charge in [0, 0.05) is 47.2 Å². The van der Waals surface area contributed by atoms with Crippen LogP contribution < -0.4 is 10.1 Å². The summed E-state index contributed by atoms with van der Waals surface area (Å²) in [5.74, 6) is 1.08. The summed E-state index contributed by atoms with van der Waals surface area (Å²) < 4.78 is 7.33. The Balaban J connectivity index is 1.43. The number of carbonyl (C=O) groups excluding carboxylic acids is 2. The van der Waals surface area contributed by atoms with E-state index in [9.17, 15) is 9.59 Å². The van der Waals surface area contributed by atoms with Gasteiger partial charge < -0.3 is 19.5 Å². The van der Waals surface area contributed by atoms with Crippen molar-refractivity contribution in [2.75, 3.05) is 19.0 Å². The number of hydrogen-bond acceptors (Lipinski definition) is 4. The fraction of sp³-hybridized carbons (Fsp3) is 0.500. The zero-order chi connectivity index (χ0) is 27.2. The van der Waals surface area contributed by atoms with E-state index < -0.39 is 0 Å². The van der Waals surface area contributed by atoms with Crippen LogP contribution in [0.25, 0.3) is 11.0 Å². The van der Waals surface area contributed by atoms with Crippen LogP contribution in [0.2, 0.25) is 5.02 Å². The maximum absolute atomic E-state index is 13.3. The first-order chi connectivity index (χ1) is 18.1. The lowest BCUT2D eigenvalue weighted by Crippen LogP contribution is -2.53. The number of ether oxygens (including phenoxy) is 1. The van der Waals surface area contributed by atoms with E-state index in [0.29, 0.717) is 33.8 Å². The summed E-state index contributed by atoms with van der Waals surface area (Å²) in [7, 11) is 3.56. The summed E-state index contributed by atoms with van der Waals surface area (Å²) in [6.45, 7) is 7.20. The third-order valence-corrected chi connectivity index (χ3v) is 8.70.